The Bertz CT molecular complexity index is 567. The lowest BCUT2D eigenvalue weighted by Crippen LogP contribution is -2.37. The van der Waals surface area contributed by atoms with Gasteiger partial charge < -0.3 is 9.64 Å². The van der Waals surface area contributed by atoms with Crippen molar-refractivity contribution in [3.63, 3.8) is 0 Å². The van der Waals surface area contributed by atoms with Crippen molar-refractivity contribution in [3.8, 4) is 0 Å². The summed E-state index contributed by atoms with van der Waals surface area (Å²) in [6.45, 7) is 9.49. The van der Waals surface area contributed by atoms with Gasteiger partial charge in [0.25, 0.3) is 0 Å². The predicted octanol–water partition coefficient (Wildman–Crippen LogP) is 3.49. The van der Waals surface area contributed by atoms with Crippen molar-refractivity contribution < 1.29 is 14.3 Å². The van der Waals surface area contributed by atoms with Gasteiger partial charge in [0, 0.05) is 18.9 Å². The highest BCUT2D eigenvalue weighted by molar-refractivity contribution is 5.79. The molecule has 2 atom stereocenters. The van der Waals surface area contributed by atoms with Crippen molar-refractivity contribution in [3.05, 3.63) is 35.4 Å². The third-order valence-electron chi connectivity index (χ3n) is 4.39. The van der Waals surface area contributed by atoms with E-state index in [-0.39, 0.29) is 23.8 Å². The highest BCUT2D eigenvalue weighted by Crippen LogP contribution is 2.27. The van der Waals surface area contributed by atoms with Crippen molar-refractivity contribution in [2.75, 3.05) is 13.2 Å². The van der Waals surface area contributed by atoms with Gasteiger partial charge in [-0.05, 0) is 30.9 Å². The minimum absolute atomic E-state index is 0.0220. The number of amides is 1. The van der Waals surface area contributed by atoms with Crippen LogP contribution in [0.1, 0.15) is 50.8 Å². The number of cyclic esters (lactones) is 1. The van der Waals surface area contributed by atoms with Crippen LogP contribution in [0, 0.1) is 18.8 Å². The minimum atomic E-state index is -0.190. The molecule has 1 fully saturated rings. The summed E-state index contributed by atoms with van der Waals surface area (Å²) in [6.07, 6.45) is 0.745. The van der Waals surface area contributed by atoms with E-state index in [1.165, 1.54) is 11.1 Å². The molecule has 2 rings (SSSR count). The fourth-order valence-electron chi connectivity index (χ4n) is 3.15. The molecule has 1 aliphatic heterocycles. The molecule has 0 aromatic heterocycles. The predicted molar refractivity (Wildman–Crippen MR) is 89.8 cm³/mol. The van der Waals surface area contributed by atoms with E-state index in [1.54, 1.807) is 0 Å². The van der Waals surface area contributed by atoms with E-state index >= 15 is 0 Å². The van der Waals surface area contributed by atoms with Crippen LogP contribution in [-0.4, -0.2) is 29.9 Å². The second-order valence-corrected chi connectivity index (χ2v) is 6.93. The van der Waals surface area contributed by atoms with Crippen LogP contribution in [0.5, 0.6) is 0 Å². The number of ether oxygens (including phenoxy) is 1. The van der Waals surface area contributed by atoms with E-state index in [4.69, 9.17) is 4.74 Å². The molecule has 0 saturated carbocycles. The Morgan fingerprint density at radius 3 is 2.57 bits per heavy atom. The third-order valence-corrected chi connectivity index (χ3v) is 4.39. The number of rotatable bonds is 6. The summed E-state index contributed by atoms with van der Waals surface area (Å²) in [5.74, 6) is 0.337. The highest BCUT2D eigenvalue weighted by atomic mass is 16.5. The molecule has 1 heterocycles. The van der Waals surface area contributed by atoms with Crippen molar-refractivity contribution in [2.24, 2.45) is 11.8 Å². The van der Waals surface area contributed by atoms with Crippen LogP contribution in [0.4, 0.5) is 0 Å². The number of carbonyl (C=O) groups is 2. The van der Waals surface area contributed by atoms with Gasteiger partial charge in [-0.1, -0.05) is 38.1 Å². The van der Waals surface area contributed by atoms with Crippen LogP contribution in [0.25, 0.3) is 0 Å². The van der Waals surface area contributed by atoms with Crippen LogP contribution < -0.4 is 0 Å². The van der Waals surface area contributed by atoms with Gasteiger partial charge in [0.2, 0.25) is 5.91 Å². The SMILES string of the molecule is Cc1ccccc1C(C)N(CC(C)C)C(=O)CC1COC(=O)C1. The summed E-state index contributed by atoms with van der Waals surface area (Å²) in [4.78, 5) is 26.0. The molecule has 2 unspecified atom stereocenters. The lowest BCUT2D eigenvalue weighted by Gasteiger charge is -2.32. The quantitative estimate of drug-likeness (QED) is 0.755. The summed E-state index contributed by atoms with van der Waals surface area (Å²) in [6, 6.07) is 8.22. The van der Waals surface area contributed by atoms with E-state index in [2.05, 4.69) is 39.8 Å². The Morgan fingerprint density at radius 2 is 2.00 bits per heavy atom. The van der Waals surface area contributed by atoms with Gasteiger partial charge >= 0.3 is 5.97 Å². The van der Waals surface area contributed by atoms with Crippen molar-refractivity contribution in [1.82, 2.24) is 4.90 Å². The smallest absolute Gasteiger partial charge is 0.306 e. The zero-order chi connectivity index (χ0) is 17.0. The molecule has 1 saturated heterocycles. The van der Waals surface area contributed by atoms with E-state index in [0.717, 1.165) is 6.54 Å². The molecule has 4 nitrogen and oxygen atoms in total. The minimum Gasteiger partial charge on any atom is -0.465 e. The largest absolute Gasteiger partial charge is 0.465 e. The normalized spacial score (nSPS) is 18.8. The highest BCUT2D eigenvalue weighted by Gasteiger charge is 2.30. The molecule has 0 spiro atoms. The van der Waals surface area contributed by atoms with Gasteiger partial charge in [0.15, 0.2) is 0 Å². The van der Waals surface area contributed by atoms with Gasteiger partial charge in [-0.25, -0.2) is 0 Å². The maximum atomic E-state index is 12.8. The van der Waals surface area contributed by atoms with Crippen molar-refractivity contribution in [1.29, 1.82) is 0 Å². The molecule has 1 aromatic rings. The van der Waals surface area contributed by atoms with Crippen LogP contribution in [0.15, 0.2) is 24.3 Å². The van der Waals surface area contributed by atoms with Gasteiger partial charge in [0.1, 0.15) is 0 Å². The lowest BCUT2D eigenvalue weighted by molar-refractivity contribution is -0.138. The zero-order valence-electron chi connectivity index (χ0n) is 14.5. The van der Waals surface area contributed by atoms with Gasteiger partial charge in [-0.15, -0.1) is 0 Å². The molecule has 1 aromatic carbocycles. The summed E-state index contributed by atoms with van der Waals surface area (Å²) in [7, 11) is 0. The van der Waals surface area contributed by atoms with Crippen LogP contribution >= 0.6 is 0 Å². The maximum absolute atomic E-state index is 12.8. The molecule has 1 amide bonds. The van der Waals surface area contributed by atoms with E-state index < -0.39 is 0 Å². The monoisotopic (exact) mass is 317 g/mol. The number of nitrogens with zero attached hydrogens (tertiary/aromatic N) is 1. The second kappa shape index (κ2) is 7.62. The second-order valence-electron chi connectivity index (χ2n) is 6.93. The molecule has 4 heteroatoms. The molecule has 126 valence electrons. The number of hydrogen-bond donors (Lipinski definition) is 0. The molecule has 0 bridgehead atoms. The molecule has 0 aliphatic carbocycles. The first-order valence-electron chi connectivity index (χ1n) is 8.39. The van der Waals surface area contributed by atoms with Crippen molar-refractivity contribution in [2.45, 2.75) is 46.6 Å². The first-order chi connectivity index (χ1) is 10.9. The standard InChI is InChI=1S/C19H27NO3/c1-13(2)11-20(15(4)17-8-6-5-7-14(17)3)18(21)9-16-10-19(22)23-12-16/h5-8,13,15-16H,9-12H2,1-4H3. The fourth-order valence-corrected chi connectivity index (χ4v) is 3.15. The van der Waals surface area contributed by atoms with Gasteiger partial charge in [0.05, 0.1) is 19.1 Å². The fraction of sp³-hybridized carbons (Fsp3) is 0.579. The number of esters is 1. The molecular weight excluding hydrogens is 290 g/mol. The Balaban J connectivity index is 2.14. The zero-order valence-corrected chi connectivity index (χ0v) is 14.5. The number of carbonyl (C=O) groups excluding carboxylic acids is 2. The maximum Gasteiger partial charge on any atom is 0.306 e. The van der Waals surface area contributed by atoms with Crippen molar-refractivity contribution >= 4 is 11.9 Å². The number of hydrogen-bond acceptors (Lipinski definition) is 3. The Hall–Kier alpha value is -1.84. The summed E-state index contributed by atoms with van der Waals surface area (Å²) in [5, 5.41) is 0. The van der Waals surface area contributed by atoms with E-state index in [0.29, 0.717) is 25.4 Å². The molecule has 23 heavy (non-hydrogen) atoms. The third kappa shape index (κ3) is 4.57. The van der Waals surface area contributed by atoms with E-state index in [1.807, 2.05) is 17.0 Å². The lowest BCUT2D eigenvalue weighted by atomic mass is 9.98. The topological polar surface area (TPSA) is 46.6 Å². The van der Waals surface area contributed by atoms with Gasteiger partial charge in [-0.2, -0.15) is 0 Å². The van der Waals surface area contributed by atoms with Gasteiger partial charge in [-0.3, -0.25) is 9.59 Å². The molecule has 0 N–H and O–H groups in total. The van der Waals surface area contributed by atoms with E-state index in [9.17, 15) is 9.59 Å². The number of aryl methyl sites for hydroxylation is 1. The summed E-state index contributed by atoms with van der Waals surface area (Å²) < 4.78 is 4.98. The summed E-state index contributed by atoms with van der Waals surface area (Å²) >= 11 is 0. The average Bonchev–Trinajstić information content (AvgIpc) is 2.89. The number of benzene rings is 1. The summed E-state index contributed by atoms with van der Waals surface area (Å²) in [5.41, 5.74) is 2.38. The Kier molecular flexibility index (Phi) is 5.80. The Labute approximate surface area is 138 Å². The average molecular weight is 317 g/mol. The van der Waals surface area contributed by atoms with Crippen LogP contribution in [0.3, 0.4) is 0 Å². The molecule has 0 radical (unpaired) electrons. The van der Waals surface area contributed by atoms with Crippen LogP contribution in [0.2, 0.25) is 0 Å². The first-order valence-corrected chi connectivity index (χ1v) is 8.39. The molecular formula is C19H27NO3. The first kappa shape index (κ1) is 17.5. The Morgan fingerprint density at radius 1 is 1.30 bits per heavy atom. The molecule has 1 aliphatic rings. The van der Waals surface area contributed by atoms with Crippen LogP contribution in [-0.2, 0) is 14.3 Å².